The van der Waals surface area contributed by atoms with Crippen molar-refractivity contribution in [2.45, 2.75) is 18.2 Å². The molecule has 5 nitrogen and oxygen atoms in total. The van der Waals surface area contributed by atoms with Crippen molar-refractivity contribution in [2.75, 3.05) is 6.54 Å². The van der Waals surface area contributed by atoms with Gasteiger partial charge in [-0.1, -0.05) is 18.5 Å². The van der Waals surface area contributed by atoms with Crippen molar-refractivity contribution in [3.8, 4) is 0 Å². The summed E-state index contributed by atoms with van der Waals surface area (Å²) in [5.41, 5.74) is 0. The molecule has 0 amide bonds. The van der Waals surface area contributed by atoms with E-state index in [9.17, 15) is 13.5 Å². The van der Waals surface area contributed by atoms with Gasteiger partial charge in [0.25, 0.3) is 10.0 Å². The first-order valence-corrected chi connectivity index (χ1v) is 6.81. The average molecular weight is 276 g/mol. The molecule has 0 saturated carbocycles. The van der Waals surface area contributed by atoms with E-state index in [1.54, 1.807) is 0 Å². The van der Waals surface area contributed by atoms with Gasteiger partial charge in [0.2, 0.25) is 0 Å². The Morgan fingerprint density at radius 3 is 2.53 bits per heavy atom. The molecule has 94 valence electrons. The molecule has 17 heavy (non-hydrogen) atoms. The second kappa shape index (κ2) is 5.88. The first kappa shape index (κ1) is 13.8. The molecule has 0 aliphatic rings. The molecule has 0 fully saturated rings. The third-order valence-electron chi connectivity index (χ3n) is 1.82. The predicted molar refractivity (Wildman–Crippen MR) is 64.4 cm³/mol. The Labute approximate surface area is 105 Å². The van der Waals surface area contributed by atoms with Gasteiger partial charge in [0, 0.05) is 11.6 Å². The summed E-state index contributed by atoms with van der Waals surface area (Å²) in [6, 6.07) is 4.64. The lowest BCUT2D eigenvalue weighted by Gasteiger charge is -2.13. The molecule has 0 bridgehead atoms. The highest BCUT2D eigenvalue weighted by Crippen LogP contribution is 2.13. The van der Waals surface area contributed by atoms with E-state index in [1.165, 1.54) is 24.3 Å². The van der Waals surface area contributed by atoms with Crippen LogP contribution in [0.25, 0.3) is 0 Å². The minimum Gasteiger partial charge on any atom is -0.846 e. The molecule has 1 aromatic carbocycles. The van der Waals surface area contributed by atoms with Crippen molar-refractivity contribution >= 4 is 27.6 Å². The number of benzene rings is 1. The van der Waals surface area contributed by atoms with Crippen LogP contribution >= 0.6 is 11.6 Å². The molecular weight excluding hydrogens is 264 g/mol. The summed E-state index contributed by atoms with van der Waals surface area (Å²) in [7, 11) is -3.86. The summed E-state index contributed by atoms with van der Waals surface area (Å²) in [6.45, 7) is 2.13. The number of hydrogen-bond acceptors (Lipinski definition) is 4. The molecule has 0 radical (unpaired) electrons. The van der Waals surface area contributed by atoms with Crippen LogP contribution in [0.1, 0.15) is 13.3 Å². The van der Waals surface area contributed by atoms with E-state index in [4.69, 9.17) is 11.6 Å². The van der Waals surface area contributed by atoms with Gasteiger partial charge in [0.05, 0.1) is 10.9 Å². The maximum Gasteiger partial charge on any atom is 0.262 e. The molecule has 0 atom stereocenters. The third kappa shape index (κ3) is 4.24. The largest absolute Gasteiger partial charge is 0.846 e. The molecule has 0 saturated heterocycles. The maximum atomic E-state index is 11.7. The molecule has 1 aromatic rings. The highest BCUT2D eigenvalue weighted by molar-refractivity contribution is 7.90. The second-order valence-electron chi connectivity index (χ2n) is 3.25. The summed E-state index contributed by atoms with van der Waals surface area (Å²) in [4.78, 5) is 3.49. The normalized spacial score (nSPS) is 12.5. The first-order valence-electron chi connectivity index (χ1n) is 4.95. The van der Waals surface area contributed by atoms with Crippen molar-refractivity contribution in [1.29, 1.82) is 0 Å². The topological polar surface area (TPSA) is 81.6 Å². The van der Waals surface area contributed by atoms with Crippen molar-refractivity contribution in [3.05, 3.63) is 29.3 Å². The monoisotopic (exact) mass is 275 g/mol. The van der Waals surface area contributed by atoms with Crippen LogP contribution in [0, 0.1) is 0 Å². The Balaban J connectivity index is 2.86. The molecule has 0 aromatic heterocycles. The molecule has 0 unspecified atom stereocenters. The van der Waals surface area contributed by atoms with Crippen LogP contribution < -0.4 is 9.83 Å². The molecule has 0 heterocycles. The van der Waals surface area contributed by atoms with E-state index < -0.39 is 16.0 Å². The van der Waals surface area contributed by atoms with Gasteiger partial charge in [-0.05, 0) is 30.7 Å². The lowest BCUT2D eigenvalue weighted by Crippen LogP contribution is -2.39. The minimum absolute atomic E-state index is 0.0260. The number of aliphatic imine (C=N–C) groups is 1. The van der Waals surface area contributed by atoms with Gasteiger partial charge in [-0.3, -0.25) is 9.71 Å². The fourth-order valence-electron chi connectivity index (χ4n) is 1.03. The van der Waals surface area contributed by atoms with Crippen LogP contribution in [0.5, 0.6) is 0 Å². The Morgan fingerprint density at radius 1 is 1.41 bits per heavy atom. The fourth-order valence-corrected chi connectivity index (χ4v) is 2.07. The van der Waals surface area contributed by atoms with Gasteiger partial charge in [-0.15, -0.1) is 0 Å². The van der Waals surface area contributed by atoms with Crippen LogP contribution in [0.3, 0.4) is 0 Å². The summed E-state index contributed by atoms with van der Waals surface area (Å²) in [5.74, 6) is 0. The Bertz CT molecular complexity index is 497. The highest BCUT2D eigenvalue weighted by Gasteiger charge is 2.12. The first-order chi connectivity index (χ1) is 7.95. The number of rotatable bonds is 4. The summed E-state index contributed by atoms with van der Waals surface area (Å²) >= 11 is 5.64. The van der Waals surface area contributed by atoms with Crippen molar-refractivity contribution in [1.82, 2.24) is 4.72 Å². The van der Waals surface area contributed by atoms with E-state index in [2.05, 4.69) is 4.99 Å². The fraction of sp³-hybridized carbons (Fsp3) is 0.300. The van der Waals surface area contributed by atoms with E-state index in [0.29, 0.717) is 18.0 Å². The van der Waals surface area contributed by atoms with Crippen molar-refractivity contribution in [3.63, 3.8) is 0 Å². The number of halogens is 1. The lowest BCUT2D eigenvalue weighted by atomic mass is 10.4. The number of sulfonamides is 1. The van der Waals surface area contributed by atoms with E-state index in [1.807, 2.05) is 11.6 Å². The van der Waals surface area contributed by atoms with Crippen LogP contribution in [0.4, 0.5) is 0 Å². The zero-order chi connectivity index (χ0) is 12.9. The lowest BCUT2D eigenvalue weighted by molar-refractivity contribution is -0.219. The van der Waals surface area contributed by atoms with E-state index in [-0.39, 0.29) is 4.90 Å². The summed E-state index contributed by atoms with van der Waals surface area (Å²) in [6.07, 6.45) is 0.675. The molecule has 0 aliphatic heterocycles. The molecule has 7 heteroatoms. The smallest absolute Gasteiger partial charge is 0.262 e. The van der Waals surface area contributed by atoms with Gasteiger partial charge in [0.1, 0.15) is 0 Å². The quantitative estimate of drug-likeness (QED) is 0.650. The molecule has 1 rings (SSSR count). The van der Waals surface area contributed by atoms with Crippen molar-refractivity contribution < 1.29 is 13.5 Å². The number of amidine groups is 1. The zero-order valence-corrected chi connectivity index (χ0v) is 10.8. The highest BCUT2D eigenvalue weighted by atomic mass is 35.5. The van der Waals surface area contributed by atoms with Gasteiger partial charge < -0.3 is 5.11 Å². The molecule has 1 N–H and O–H groups in total. The SMILES string of the molecule is CCCN=C([O-])NS(=O)(=O)c1ccc(Cl)cc1. The van der Waals surface area contributed by atoms with Gasteiger partial charge >= 0.3 is 0 Å². The summed E-state index contributed by atoms with van der Waals surface area (Å²) in [5, 5.41) is 11.6. The summed E-state index contributed by atoms with van der Waals surface area (Å²) < 4.78 is 25.2. The van der Waals surface area contributed by atoms with Gasteiger partial charge in [0.15, 0.2) is 0 Å². The number of nitrogens with zero attached hydrogens (tertiary/aromatic N) is 1. The average Bonchev–Trinajstić information content (AvgIpc) is 2.26. The van der Waals surface area contributed by atoms with Crippen LogP contribution in [0.15, 0.2) is 34.2 Å². The molecular formula is C10H12ClN2O3S-. The van der Waals surface area contributed by atoms with Crippen LogP contribution in [-0.2, 0) is 10.0 Å². The third-order valence-corrected chi connectivity index (χ3v) is 3.41. The molecule has 0 aliphatic carbocycles. The maximum absolute atomic E-state index is 11.7. The van der Waals surface area contributed by atoms with Crippen LogP contribution in [-0.4, -0.2) is 21.0 Å². The second-order valence-corrected chi connectivity index (χ2v) is 5.37. The van der Waals surface area contributed by atoms with Crippen molar-refractivity contribution in [2.24, 2.45) is 4.99 Å². The Hall–Kier alpha value is -1.27. The van der Waals surface area contributed by atoms with E-state index in [0.717, 1.165) is 0 Å². The van der Waals surface area contributed by atoms with Gasteiger partial charge in [-0.25, -0.2) is 8.42 Å². The number of nitrogens with one attached hydrogen (secondary N) is 1. The minimum atomic E-state index is -3.86. The Kier molecular flexibility index (Phi) is 4.77. The number of hydrogen-bond donors (Lipinski definition) is 1. The van der Waals surface area contributed by atoms with E-state index >= 15 is 0 Å². The van der Waals surface area contributed by atoms with Crippen LogP contribution in [0.2, 0.25) is 5.02 Å². The zero-order valence-electron chi connectivity index (χ0n) is 9.18. The predicted octanol–water partition coefficient (Wildman–Crippen LogP) is 0.745. The standard InChI is InChI=1S/C10H13ClN2O3S/c1-2-7-12-10(14)13-17(15,16)9-5-3-8(11)4-6-9/h3-6H,2,7H2,1H3,(H2,12,13,14)/p-1. The Morgan fingerprint density at radius 2 is 2.00 bits per heavy atom. The van der Waals surface area contributed by atoms with Gasteiger partial charge in [-0.2, -0.15) is 0 Å². The molecule has 0 spiro atoms.